The molecule has 1 N–H and O–H groups in total. The van der Waals surface area contributed by atoms with Crippen molar-refractivity contribution in [2.24, 2.45) is 0 Å². The summed E-state index contributed by atoms with van der Waals surface area (Å²) >= 11 is 6.20. The maximum atomic E-state index is 13.5. The number of nitrogens with zero attached hydrogens (tertiary/aromatic N) is 1. The Morgan fingerprint density at radius 2 is 2.08 bits per heavy atom. The van der Waals surface area contributed by atoms with Crippen LogP contribution in [0.2, 0.25) is 5.02 Å². The molecule has 1 aliphatic heterocycles. The molecule has 26 heavy (non-hydrogen) atoms. The van der Waals surface area contributed by atoms with E-state index in [4.69, 9.17) is 16.3 Å². The summed E-state index contributed by atoms with van der Waals surface area (Å²) < 4.78 is 4.97. The number of amides is 2. The lowest BCUT2D eigenvalue weighted by Crippen LogP contribution is -2.54. The molecule has 1 aromatic carbocycles. The van der Waals surface area contributed by atoms with Crippen LogP contribution in [0.15, 0.2) is 24.3 Å². The van der Waals surface area contributed by atoms with E-state index in [0.29, 0.717) is 18.2 Å². The van der Waals surface area contributed by atoms with Crippen LogP contribution in [0.4, 0.5) is 4.79 Å². The first kappa shape index (κ1) is 19.0. The molecular weight excluding hydrogens is 352 g/mol. The number of halogens is 1. The average molecular weight is 379 g/mol. The van der Waals surface area contributed by atoms with Crippen LogP contribution in [0.1, 0.15) is 51.0 Å². The van der Waals surface area contributed by atoms with Gasteiger partial charge in [0.1, 0.15) is 0 Å². The minimum absolute atomic E-state index is 0.0513. The van der Waals surface area contributed by atoms with Crippen LogP contribution in [-0.4, -0.2) is 42.6 Å². The summed E-state index contributed by atoms with van der Waals surface area (Å²) in [5.74, 6) is 0.174. The van der Waals surface area contributed by atoms with E-state index in [1.807, 2.05) is 29.2 Å². The second-order valence-electron chi connectivity index (χ2n) is 7.25. The number of rotatable bonds is 4. The Morgan fingerprint density at radius 1 is 1.31 bits per heavy atom. The molecule has 1 heterocycles. The molecule has 5 nitrogen and oxygen atoms in total. The monoisotopic (exact) mass is 378 g/mol. The maximum Gasteiger partial charge on any atom is 0.407 e. The SMILES string of the molecule is CCOC(=O)NC1CCCN(C(=O)C2(c3cccc(Cl)c3)CCCC2)C1. The van der Waals surface area contributed by atoms with Gasteiger partial charge < -0.3 is 15.0 Å². The largest absolute Gasteiger partial charge is 0.450 e. The van der Waals surface area contributed by atoms with Gasteiger partial charge in [-0.15, -0.1) is 0 Å². The second-order valence-corrected chi connectivity index (χ2v) is 7.69. The van der Waals surface area contributed by atoms with Crippen molar-refractivity contribution in [3.8, 4) is 0 Å². The molecule has 2 aliphatic rings. The molecule has 3 rings (SSSR count). The van der Waals surface area contributed by atoms with E-state index in [9.17, 15) is 9.59 Å². The number of hydrogen-bond acceptors (Lipinski definition) is 3. The maximum absolute atomic E-state index is 13.5. The van der Waals surface area contributed by atoms with Crippen LogP contribution >= 0.6 is 11.6 Å². The van der Waals surface area contributed by atoms with E-state index in [-0.39, 0.29) is 11.9 Å². The van der Waals surface area contributed by atoms with Gasteiger partial charge in [-0.2, -0.15) is 0 Å². The van der Waals surface area contributed by atoms with E-state index in [0.717, 1.165) is 50.6 Å². The third-order valence-corrected chi connectivity index (χ3v) is 5.78. The Morgan fingerprint density at radius 3 is 2.77 bits per heavy atom. The fraction of sp³-hybridized carbons (Fsp3) is 0.600. The van der Waals surface area contributed by atoms with Crippen LogP contribution in [0.25, 0.3) is 0 Å². The molecule has 0 spiro atoms. The first-order valence-corrected chi connectivity index (χ1v) is 9.91. The standard InChI is InChI=1S/C20H27ClN2O3/c1-2-26-19(25)22-17-9-6-12-23(14-17)18(24)20(10-3-4-11-20)15-7-5-8-16(21)13-15/h5,7-8,13,17H,2-4,6,9-12,14H2,1H3,(H,22,25). The second kappa shape index (κ2) is 8.30. The van der Waals surface area contributed by atoms with Gasteiger partial charge in [0.05, 0.1) is 12.0 Å². The van der Waals surface area contributed by atoms with Crippen molar-refractivity contribution >= 4 is 23.6 Å². The van der Waals surface area contributed by atoms with E-state index in [2.05, 4.69) is 5.32 Å². The van der Waals surface area contributed by atoms with E-state index in [1.54, 1.807) is 6.92 Å². The van der Waals surface area contributed by atoms with Crippen LogP contribution < -0.4 is 5.32 Å². The highest BCUT2D eigenvalue weighted by Gasteiger charge is 2.45. The molecule has 0 radical (unpaired) electrons. The molecule has 2 amide bonds. The van der Waals surface area contributed by atoms with Crippen molar-refractivity contribution in [3.63, 3.8) is 0 Å². The van der Waals surface area contributed by atoms with Crippen molar-refractivity contribution < 1.29 is 14.3 Å². The molecule has 1 atom stereocenters. The fourth-order valence-electron chi connectivity index (χ4n) is 4.31. The van der Waals surface area contributed by atoms with Gasteiger partial charge in [-0.3, -0.25) is 4.79 Å². The van der Waals surface area contributed by atoms with Crippen molar-refractivity contribution in [2.45, 2.75) is 56.9 Å². The molecule has 6 heteroatoms. The van der Waals surface area contributed by atoms with Gasteiger partial charge in [0.15, 0.2) is 0 Å². The van der Waals surface area contributed by atoms with Gasteiger partial charge in [-0.25, -0.2) is 4.79 Å². The minimum atomic E-state index is -0.475. The Labute approximate surface area is 160 Å². The summed E-state index contributed by atoms with van der Waals surface area (Å²) in [6.07, 6.45) is 5.17. The molecule has 1 aliphatic carbocycles. The smallest absolute Gasteiger partial charge is 0.407 e. The third-order valence-electron chi connectivity index (χ3n) is 5.55. The van der Waals surface area contributed by atoms with Crippen molar-refractivity contribution in [1.29, 1.82) is 0 Å². The lowest BCUT2D eigenvalue weighted by Gasteiger charge is -2.39. The van der Waals surface area contributed by atoms with Crippen molar-refractivity contribution in [2.75, 3.05) is 19.7 Å². The van der Waals surface area contributed by atoms with Gasteiger partial charge in [0, 0.05) is 24.2 Å². The van der Waals surface area contributed by atoms with E-state index >= 15 is 0 Å². The number of ether oxygens (including phenoxy) is 1. The number of piperidine rings is 1. The predicted molar refractivity (Wildman–Crippen MR) is 101 cm³/mol. The summed E-state index contributed by atoms with van der Waals surface area (Å²) in [6.45, 7) is 3.41. The zero-order chi connectivity index (χ0) is 18.6. The summed E-state index contributed by atoms with van der Waals surface area (Å²) in [5, 5.41) is 3.55. The van der Waals surface area contributed by atoms with Gasteiger partial charge in [0.2, 0.25) is 5.91 Å². The molecule has 0 bridgehead atoms. The van der Waals surface area contributed by atoms with Crippen LogP contribution in [0.5, 0.6) is 0 Å². The highest BCUT2D eigenvalue weighted by Crippen LogP contribution is 2.43. The van der Waals surface area contributed by atoms with Crippen LogP contribution in [0.3, 0.4) is 0 Å². The van der Waals surface area contributed by atoms with E-state index in [1.165, 1.54) is 0 Å². The van der Waals surface area contributed by atoms with Crippen LogP contribution in [-0.2, 0) is 14.9 Å². The number of alkyl carbamates (subject to hydrolysis) is 1. The number of hydrogen-bond donors (Lipinski definition) is 1. The summed E-state index contributed by atoms with van der Waals surface area (Å²) in [5.41, 5.74) is 0.546. The normalized spacial score (nSPS) is 22.1. The lowest BCUT2D eigenvalue weighted by atomic mass is 9.77. The zero-order valence-corrected chi connectivity index (χ0v) is 16.1. The molecule has 1 unspecified atom stereocenters. The van der Waals surface area contributed by atoms with Crippen molar-refractivity contribution in [3.05, 3.63) is 34.9 Å². The number of benzene rings is 1. The molecule has 0 aromatic heterocycles. The van der Waals surface area contributed by atoms with Gasteiger partial charge in [0.25, 0.3) is 0 Å². The Hall–Kier alpha value is -1.75. The quantitative estimate of drug-likeness (QED) is 0.864. The minimum Gasteiger partial charge on any atom is -0.450 e. The topological polar surface area (TPSA) is 58.6 Å². The number of likely N-dealkylation sites (tertiary alicyclic amines) is 1. The number of carbonyl (C=O) groups is 2. The Kier molecular flexibility index (Phi) is 6.07. The molecule has 2 fully saturated rings. The summed E-state index contributed by atoms with van der Waals surface area (Å²) in [6, 6.07) is 7.67. The first-order chi connectivity index (χ1) is 12.5. The molecule has 1 saturated heterocycles. The highest BCUT2D eigenvalue weighted by atomic mass is 35.5. The third kappa shape index (κ3) is 3.98. The summed E-state index contributed by atoms with van der Waals surface area (Å²) in [7, 11) is 0. The molecule has 1 saturated carbocycles. The van der Waals surface area contributed by atoms with Crippen molar-refractivity contribution in [1.82, 2.24) is 10.2 Å². The first-order valence-electron chi connectivity index (χ1n) is 9.54. The van der Waals surface area contributed by atoms with Gasteiger partial charge in [-0.1, -0.05) is 36.6 Å². The molecular formula is C20H27ClN2O3. The van der Waals surface area contributed by atoms with Gasteiger partial charge >= 0.3 is 6.09 Å². The Balaban J connectivity index is 1.76. The fourth-order valence-corrected chi connectivity index (χ4v) is 4.50. The number of nitrogens with one attached hydrogen (secondary N) is 1. The highest BCUT2D eigenvalue weighted by molar-refractivity contribution is 6.30. The number of carbonyl (C=O) groups excluding carboxylic acids is 2. The van der Waals surface area contributed by atoms with Gasteiger partial charge in [-0.05, 0) is 50.3 Å². The average Bonchev–Trinajstić information content (AvgIpc) is 3.12. The lowest BCUT2D eigenvalue weighted by molar-refractivity contribution is -0.138. The molecule has 142 valence electrons. The predicted octanol–water partition coefficient (Wildman–Crippen LogP) is 3.89. The van der Waals surface area contributed by atoms with Crippen LogP contribution in [0, 0.1) is 0 Å². The Bertz CT molecular complexity index is 658. The summed E-state index contributed by atoms with van der Waals surface area (Å²) in [4.78, 5) is 27.2. The zero-order valence-electron chi connectivity index (χ0n) is 15.3. The van der Waals surface area contributed by atoms with E-state index < -0.39 is 11.5 Å². The molecule has 1 aromatic rings.